The quantitative estimate of drug-likeness (QED) is 0.281. The van der Waals surface area contributed by atoms with Crippen LogP contribution in [0.1, 0.15) is 29.7 Å². The summed E-state index contributed by atoms with van der Waals surface area (Å²) in [7, 11) is 0. The van der Waals surface area contributed by atoms with Gasteiger partial charge in [0.25, 0.3) is 0 Å². The molecule has 0 spiro atoms. The number of hydrogen-bond acceptors (Lipinski definition) is 2. The van der Waals surface area contributed by atoms with Crippen LogP contribution in [0.25, 0.3) is 55.5 Å². The minimum Gasteiger partial charge on any atom is -0.387 e. The molecular weight excluding hydrogens is 450 g/mol. The molecule has 3 nitrogen and oxygen atoms in total. The van der Waals surface area contributed by atoms with E-state index >= 15 is 0 Å². The molecular formula is C34H25N3. The molecule has 0 amide bonds. The molecule has 0 saturated heterocycles. The lowest BCUT2D eigenvalue weighted by atomic mass is 9.85. The maximum Gasteiger partial charge on any atom is 0.0823 e. The average molecular weight is 476 g/mol. The Morgan fingerprint density at radius 1 is 0.811 bits per heavy atom. The molecule has 2 aliphatic heterocycles. The molecule has 1 N–H and O–H groups in total. The van der Waals surface area contributed by atoms with Gasteiger partial charge in [-0.1, -0.05) is 91.0 Å². The standard InChI is InChI=1S/C34H25N3/c1-2-10-22(11-3-1)29-20-31-32(33(36-29)23-12-9-19-35-21-23)26-15-5-4-13-24(26)27-16-8-17-28-25-14-6-7-18-30(25)37(31)34(27)28/h1-3,5-12,14-18,20-21,35H,4,13,19H2. The maximum atomic E-state index is 5.36. The van der Waals surface area contributed by atoms with Crippen molar-refractivity contribution in [2.24, 2.45) is 0 Å². The Balaban J connectivity index is 1.60. The minimum atomic E-state index is 0.840. The van der Waals surface area contributed by atoms with Crippen LogP contribution in [-0.4, -0.2) is 16.1 Å². The van der Waals surface area contributed by atoms with Crippen LogP contribution in [-0.2, 0) is 0 Å². The van der Waals surface area contributed by atoms with E-state index < -0.39 is 0 Å². The van der Waals surface area contributed by atoms with E-state index in [2.05, 4.69) is 119 Å². The number of allylic oxidation sites excluding steroid dienone is 6. The lowest BCUT2D eigenvalue weighted by molar-refractivity contribution is 0.973. The molecule has 3 aliphatic rings. The van der Waals surface area contributed by atoms with Crippen LogP contribution >= 0.6 is 0 Å². The van der Waals surface area contributed by atoms with Gasteiger partial charge >= 0.3 is 0 Å². The summed E-state index contributed by atoms with van der Waals surface area (Å²) in [5.41, 5.74) is 13.2. The van der Waals surface area contributed by atoms with E-state index in [4.69, 9.17) is 4.98 Å². The molecule has 8 rings (SSSR count). The van der Waals surface area contributed by atoms with E-state index in [-0.39, 0.29) is 0 Å². The molecule has 0 radical (unpaired) electrons. The highest BCUT2D eigenvalue weighted by molar-refractivity contribution is 6.17. The molecule has 176 valence electrons. The summed E-state index contributed by atoms with van der Waals surface area (Å²) >= 11 is 0. The Labute approximate surface area is 215 Å². The third-order valence-electron chi connectivity index (χ3n) is 7.83. The Morgan fingerprint density at radius 3 is 2.57 bits per heavy atom. The van der Waals surface area contributed by atoms with Gasteiger partial charge in [0, 0.05) is 45.8 Å². The van der Waals surface area contributed by atoms with Gasteiger partial charge in [0.15, 0.2) is 0 Å². The number of nitrogens with one attached hydrogen (secondary N) is 1. The van der Waals surface area contributed by atoms with Gasteiger partial charge in [-0.2, -0.15) is 0 Å². The number of dihydropyridines is 1. The fraction of sp³-hybridized carbons (Fsp3) is 0.0882. The third kappa shape index (κ3) is 2.98. The first-order valence-corrected chi connectivity index (χ1v) is 13.0. The number of aromatic nitrogens is 2. The summed E-state index contributed by atoms with van der Waals surface area (Å²) in [4.78, 5) is 5.36. The van der Waals surface area contributed by atoms with Gasteiger partial charge < -0.3 is 9.88 Å². The van der Waals surface area contributed by atoms with Crippen LogP contribution in [0.4, 0.5) is 0 Å². The van der Waals surface area contributed by atoms with Crippen LogP contribution in [0.2, 0.25) is 0 Å². The van der Waals surface area contributed by atoms with Crippen LogP contribution < -0.4 is 5.32 Å². The highest BCUT2D eigenvalue weighted by Crippen LogP contribution is 2.48. The number of pyridine rings is 1. The van der Waals surface area contributed by atoms with E-state index in [1.165, 1.54) is 49.8 Å². The molecule has 3 heteroatoms. The molecule has 4 heterocycles. The minimum absolute atomic E-state index is 0.840. The summed E-state index contributed by atoms with van der Waals surface area (Å²) < 4.78 is 2.50. The molecule has 0 bridgehead atoms. The molecule has 1 aliphatic carbocycles. The smallest absolute Gasteiger partial charge is 0.0823 e. The summed E-state index contributed by atoms with van der Waals surface area (Å²) in [6.45, 7) is 0.840. The first-order chi connectivity index (χ1) is 18.4. The second-order valence-corrected chi connectivity index (χ2v) is 9.91. The van der Waals surface area contributed by atoms with Crippen molar-refractivity contribution in [2.45, 2.75) is 12.8 Å². The van der Waals surface area contributed by atoms with Crippen molar-refractivity contribution in [2.75, 3.05) is 6.54 Å². The summed E-state index contributed by atoms with van der Waals surface area (Å²) in [5, 5.41) is 6.02. The molecule has 0 saturated carbocycles. The van der Waals surface area contributed by atoms with Crippen molar-refractivity contribution < 1.29 is 0 Å². The van der Waals surface area contributed by atoms with Crippen molar-refractivity contribution >= 4 is 38.5 Å². The van der Waals surface area contributed by atoms with Crippen molar-refractivity contribution in [3.8, 4) is 16.9 Å². The van der Waals surface area contributed by atoms with Crippen LogP contribution in [0.15, 0.2) is 109 Å². The van der Waals surface area contributed by atoms with Gasteiger partial charge in [-0.25, -0.2) is 4.98 Å². The largest absolute Gasteiger partial charge is 0.387 e. The van der Waals surface area contributed by atoms with Gasteiger partial charge in [-0.3, -0.25) is 0 Å². The predicted molar refractivity (Wildman–Crippen MR) is 154 cm³/mol. The average Bonchev–Trinajstić information content (AvgIpc) is 3.25. The highest BCUT2D eigenvalue weighted by atomic mass is 15.0. The van der Waals surface area contributed by atoms with Crippen molar-refractivity contribution in [3.63, 3.8) is 0 Å². The molecule has 5 aromatic rings. The number of para-hydroxylation sites is 2. The Bertz CT molecular complexity index is 1860. The van der Waals surface area contributed by atoms with Gasteiger partial charge in [0.05, 0.1) is 28.1 Å². The predicted octanol–water partition coefficient (Wildman–Crippen LogP) is 7.92. The topological polar surface area (TPSA) is 29.9 Å². The zero-order valence-corrected chi connectivity index (χ0v) is 20.4. The van der Waals surface area contributed by atoms with Crippen molar-refractivity contribution in [1.29, 1.82) is 0 Å². The van der Waals surface area contributed by atoms with E-state index in [1.54, 1.807) is 0 Å². The van der Waals surface area contributed by atoms with Gasteiger partial charge in [0.2, 0.25) is 0 Å². The van der Waals surface area contributed by atoms with E-state index in [0.717, 1.165) is 41.9 Å². The SMILES string of the molecule is C1=CC2=C(CC1)c1cccc3c4ccccc4n(c13)-c1cc(-c3ccccc3)nc(C3=CNCC=C3)c12. The van der Waals surface area contributed by atoms with Gasteiger partial charge in [-0.15, -0.1) is 0 Å². The number of hydrogen-bond donors (Lipinski definition) is 1. The lowest BCUT2D eigenvalue weighted by Crippen LogP contribution is -2.12. The Morgan fingerprint density at radius 2 is 1.68 bits per heavy atom. The maximum absolute atomic E-state index is 5.36. The monoisotopic (exact) mass is 475 g/mol. The normalized spacial score (nSPS) is 15.8. The number of benzene rings is 3. The zero-order chi connectivity index (χ0) is 24.3. The number of nitrogens with zero attached hydrogens (tertiary/aromatic N) is 2. The van der Waals surface area contributed by atoms with Crippen molar-refractivity contribution in [3.05, 3.63) is 126 Å². The zero-order valence-electron chi connectivity index (χ0n) is 20.4. The number of fused-ring (bicyclic) bond motifs is 7. The van der Waals surface area contributed by atoms with E-state index in [9.17, 15) is 0 Å². The molecule has 0 fully saturated rings. The fourth-order valence-corrected chi connectivity index (χ4v) is 6.25. The molecule has 37 heavy (non-hydrogen) atoms. The van der Waals surface area contributed by atoms with Crippen LogP contribution in [0.3, 0.4) is 0 Å². The molecule has 0 unspecified atom stereocenters. The molecule has 0 atom stereocenters. The van der Waals surface area contributed by atoms with Gasteiger partial charge in [-0.05, 0) is 36.1 Å². The number of rotatable bonds is 2. The fourth-order valence-electron chi connectivity index (χ4n) is 6.25. The molecule has 3 aromatic carbocycles. The summed E-state index contributed by atoms with van der Waals surface area (Å²) in [5.74, 6) is 0. The second-order valence-electron chi connectivity index (χ2n) is 9.91. The Hall–Kier alpha value is -4.63. The first kappa shape index (κ1) is 20.6. The van der Waals surface area contributed by atoms with E-state index in [0.29, 0.717) is 0 Å². The van der Waals surface area contributed by atoms with Crippen LogP contribution in [0.5, 0.6) is 0 Å². The third-order valence-corrected chi connectivity index (χ3v) is 7.83. The first-order valence-electron chi connectivity index (χ1n) is 13.0. The van der Waals surface area contributed by atoms with Crippen LogP contribution in [0, 0.1) is 0 Å². The second kappa shape index (κ2) is 7.94. The molecule has 2 aromatic heterocycles. The van der Waals surface area contributed by atoms with Crippen molar-refractivity contribution in [1.82, 2.24) is 14.9 Å². The van der Waals surface area contributed by atoms with Gasteiger partial charge in [0.1, 0.15) is 0 Å². The highest BCUT2D eigenvalue weighted by Gasteiger charge is 2.29. The lowest BCUT2D eigenvalue weighted by Gasteiger charge is -2.22. The Kier molecular flexibility index (Phi) is 4.41. The van der Waals surface area contributed by atoms with E-state index in [1.807, 2.05) is 0 Å². The summed E-state index contributed by atoms with van der Waals surface area (Å²) in [6.07, 6.45) is 13.2. The summed E-state index contributed by atoms with van der Waals surface area (Å²) in [6, 6.07) is 28.5.